The van der Waals surface area contributed by atoms with Gasteiger partial charge < -0.3 is 14.3 Å². The van der Waals surface area contributed by atoms with Gasteiger partial charge in [0.05, 0.1) is 31.1 Å². The number of hydrogen-bond acceptors (Lipinski definition) is 7. The number of nitrogens with zero attached hydrogens (tertiary/aromatic N) is 1. The van der Waals surface area contributed by atoms with Crippen molar-refractivity contribution in [1.29, 1.82) is 0 Å². The van der Waals surface area contributed by atoms with Gasteiger partial charge in [-0.25, -0.2) is 4.79 Å². The third kappa shape index (κ3) is 3.05. The van der Waals surface area contributed by atoms with Gasteiger partial charge in [0.15, 0.2) is 11.6 Å². The molecule has 0 amide bonds. The highest BCUT2D eigenvalue weighted by atomic mass is 16.7. The Labute approximate surface area is 138 Å². The Bertz CT molecular complexity index is 776. The molecular weight excluding hydrogens is 314 g/mol. The number of carbonyl (C=O) groups is 3. The van der Waals surface area contributed by atoms with Gasteiger partial charge in [-0.05, 0) is 24.6 Å². The predicted molar refractivity (Wildman–Crippen MR) is 85.9 cm³/mol. The van der Waals surface area contributed by atoms with Crippen LogP contribution < -0.4 is 9.47 Å². The summed E-state index contributed by atoms with van der Waals surface area (Å²) in [6.45, 7) is 3.04. The van der Waals surface area contributed by atoms with Crippen LogP contribution in [0.5, 0.6) is 11.5 Å². The fourth-order valence-corrected chi connectivity index (χ4v) is 2.45. The Morgan fingerprint density at radius 2 is 1.71 bits per heavy atom. The average molecular weight is 331 g/mol. The lowest BCUT2D eigenvalue weighted by atomic mass is 9.89. The molecule has 0 N–H and O–H groups in total. The fourth-order valence-electron chi connectivity index (χ4n) is 2.45. The van der Waals surface area contributed by atoms with Crippen molar-refractivity contribution in [3.05, 3.63) is 34.9 Å². The van der Waals surface area contributed by atoms with E-state index >= 15 is 0 Å². The molecule has 0 atom stereocenters. The Hall–Kier alpha value is -2.96. The maximum absolute atomic E-state index is 12.3. The molecule has 1 aliphatic rings. The van der Waals surface area contributed by atoms with E-state index in [1.54, 1.807) is 13.0 Å². The third-order valence-corrected chi connectivity index (χ3v) is 3.48. The summed E-state index contributed by atoms with van der Waals surface area (Å²) < 4.78 is 10.6. The minimum Gasteiger partial charge on any atom is -0.496 e. The summed E-state index contributed by atoms with van der Waals surface area (Å²) in [5.74, 6) is -0.862. The lowest BCUT2D eigenvalue weighted by Crippen LogP contribution is -2.17. The van der Waals surface area contributed by atoms with Gasteiger partial charge in [0, 0.05) is 12.5 Å². The van der Waals surface area contributed by atoms with Gasteiger partial charge in [0.2, 0.25) is 0 Å². The molecule has 2 rings (SSSR count). The van der Waals surface area contributed by atoms with E-state index < -0.39 is 5.97 Å². The number of fused-ring (bicyclic) bond motifs is 1. The summed E-state index contributed by atoms with van der Waals surface area (Å²) in [5.41, 5.74) is 1.07. The van der Waals surface area contributed by atoms with Crippen LogP contribution in [0.15, 0.2) is 23.4 Å². The number of rotatable bonds is 5. The van der Waals surface area contributed by atoms with E-state index in [2.05, 4.69) is 5.16 Å². The summed E-state index contributed by atoms with van der Waals surface area (Å²) in [6.07, 6.45) is 2.79. The maximum Gasteiger partial charge on any atom is 0.331 e. The number of ether oxygens (including phenoxy) is 2. The van der Waals surface area contributed by atoms with Crippen LogP contribution in [0.2, 0.25) is 0 Å². The van der Waals surface area contributed by atoms with E-state index in [-0.39, 0.29) is 34.2 Å². The maximum atomic E-state index is 12.3. The summed E-state index contributed by atoms with van der Waals surface area (Å²) in [7, 11) is 2.79. The molecule has 1 aromatic rings. The van der Waals surface area contributed by atoms with Gasteiger partial charge in [0.25, 0.3) is 0 Å². The second-order valence-corrected chi connectivity index (χ2v) is 4.95. The molecule has 0 fully saturated rings. The summed E-state index contributed by atoms with van der Waals surface area (Å²) >= 11 is 0. The van der Waals surface area contributed by atoms with Crippen molar-refractivity contribution in [2.24, 2.45) is 5.16 Å². The smallest absolute Gasteiger partial charge is 0.331 e. The van der Waals surface area contributed by atoms with Crippen molar-refractivity contribution in [3.8, 4) is 11.5 Å². The molecule has 0 aliphatic heterocycles. The molecule has 0 spiro atoms. The van der Waals surface area contributed by atoms with Crippen molar-refractivity contribution in [2.45, 2.75) is 20.3 Å². The monoisotopic (exact) mass is 331 g/mol. The molecule has 0 heterocycles. The van der Waals surface area contributed by atoms with Crippen LogP contribution in [-0.2, 0) is 9.63 Å². The first kappa shape index (κ1) is 17.4. The standard InChI is InChI=1S/C17H17NO6/c1-5-11(18-24-9(2)19)10-8-14(22-3)15-12(20)6-7-13(21)16(15)17(10)23-4/h6-8H,5H2,1-4H3. The Morgan fingerprint density at radius 3 is 2.21 bits per heavy atom. The predicted octanol–water partition coefficient (Wildman–Crippen LogP) is 2.32. The van der Waals surface area contributed by atoms with E-state index in [0.29, 0.717) is 17.7 Å². The average Bonchev–Trinajstić information content (AvgIpc) is 2.57. The Morgan fingerprint density at radius 1 is 1.08 bits per heavy atom. The number of hydrogen-bond donors (Lipinski definition) is 0. The van der Waals surface area contributed by atoms with Gasteiger partial charge in [-0.15, -0.1) is 0 Å². The quantitative estimate of drug-likeness (QED) is 0.467. The van der Waals surface area contributed by atoms with Crippen molar-refractivity contribution in [1.82, 2.24) is 0 Å². The highest BCUT2D eigenvalue weighted by molar-refractivity contribution is 6.25. The summed E-state index contributed by atoms with van der Waals surface area (Å²) in [5, 5.41) is 3.81. The van der Waals surface area contributed by atoms with Gasteiger partial charge in [-0.1, -0.05) is 12.1 Å². The van der Waals surface area contributed by atoms with E-state index in [1.807, 2.05) is 0 Å². The van der Waals surface area contributed by atoms with Crippen LogP contribution in [0.25, 0.3) is 0 Å². The highest BCUT2D eigenvalue weighted by Crippen LogP contribution is 2.38. The lowest BCUT2D eigenvalue weighted by Gasteiger charge is -2.20. The zero-order valence-corrected chi connectivity index (χ0v) is 13.8. The molecule has 0 aromatic heterocycles. The van der Waals surface area contributed by atoms with Crippen LogP contribution in [-0.4, -0.2) is 37.5 Å². The van der Waals surface area contributed by atoms with Crippen LogP contribution in [0.3, 0.4) is 0 Å². The van der Waals surface area contributed by atoms with Crippen LogP contribution in [0.4, 0.5) is 0 Å². The number of methoxy groups -OCH3 is 2. The van der Waals surface area contributed by atoms with Crippen molar-refractivity contribution >= 4 is 23.2 Å². The minimum absolute atomic E-state index is 0.114. The second-order valence-electron chi connectivity index (χ2n) is 4.95. The van der Waals surface area contributed by atoms with Gasteiger partial charge in [-0.2, -0.15) is 0 Å². The number of benzene rings is 1. The van der Waals surface area contributed by atoms with E-state index in [0.717, 1.165) is 0 Å². The lowest BCUT2D eigenvalue weighted by molar-refractivity contribution is -0.140. The molecule has 0 saturated heterocycles. The molecule has 0 bridgehead atoms. The Balaban J connectivity index is 2.77. The van der Waals surface area contributed by atoms with Gasteiger partial charge >= 0.3 is 5.97 Å². The fraction of sp³-hybridized carbons (Fsp3) is 0.294. The molecule has 126 valence electrons. The SMILES string of the molecule is CCC(=NOC(C)=O)c1cc(OC)c2c(c1OC)C(=O)C=CC2=O. The van der Waals surface area contributed by atoms with Gasteiger partial charge in [0.1, 0.15) is 11.5 Å². The Kier molecular flexibility index (Phi) is 5.13. The van der Waals surface area contributed by atoms with Crippen LogP contribution >= 0.6 is 0 Å². The van der Waals surface area contributed by atoms with Crippen molar-refractivity contribution in [2.75, 3.05) is 14.2 Å². The van der Waals surface area contributed by atoms with E-state index in [4.69, 9.17) is 14.3 Å². The van der Waals surface area contributed by atoms with Crippen LogP contribution in [0, 0.1) is 0 Å². The molecular formula is C17H17NO6. The van der Waals surface area contributed by atoms with Gasteiger partial charge in [-0.3, -0.25) is 9.59 Å². The van der Waals surface area contributed by atoms with E-state index in [1.165, 1.54) is 33.3 Å². The molecule has 0 radical (unpaired) electrons. The molecule has 1 aromatic carbocycles. The molecule has 24 heavy (non-hydrogen) atoms. The summed E-state index contributed by atoms with van der Waals surface area (Å²) in [4.78, 5) is 40.2. The number of allylic oxidation sites excluding steroid dienone is 2. The second kappa shape index (κ2) is 7.08. The van der Waals surface area contributed by atoms with Crippen molar-refractivity contribution in [3.63, 3.8) is 0 Å². The first-order valence-corrected chi connectivity index (χ1v) is 7.25. The first-order chi connectivity index (χ1) is 11.4. The minimum atomic E-state index is -0.570. The molecule has 0 unspecified atom stereocenters. The van der Waals surface area contributed by atoms with Crippen molar-refractivity contribution < 1.29 is 28.7 Å². The van der Waals surface area contributed by atoms with E-state index in [9.17, 15) is 14.4 Å². The molecule has 0 saturated carbocycles. The normalized spacial score (nSPS) is 13.6. The molecule has 7 nitrogen and oxygen atoms in total. The van der Waals surface area contributed by atoms with Crippen LogP contribution in [0.1, 0.15) is 46.5 Å². The first-order valence-electron chi connectivity index (χ1n) is 7.25. The highest BCUT2D eigenvalue weighted by Gasteiger charge is 2.30. The molecule has 1 aliphatic carbocycles. The number of ketones is 2. The summed E-state index contributed by atoms with van der Waals surface area (Å²) in [6, 6.07) is 1.55. The zero-order valence-electron chi connectivity index (χ0n) is 13.8. The number of carbonyl (C=O) groups excluding carboxylic acids is 3. The third-order valence-electron chi connectivity index (χ3n) is 3.48. The molecule has 7 heteroatoms. The largest absolute Gasteiger partial charge is 0.496 e. The zero-order chi connectivity index (χ0) is 17.9. The number of oxime groups is 1. The topological polar surface area (TPSA) is 91.3 Å².